The summed E-state index contributed by atoms with van der Waals surface area (Å²) in [5.41, 5.74) is 26.6. The van der Waals surface area contributed by atoms with E-state index in [4.69, 9.17) is 0 Å². The van der Waals surface area contributed by atoms with Gasteiger partial charge in [-0.25, -0.2) is 0 Å². The lowest BCUT2D eigenvalue weighted by molar-refractivity contribution is 0.332. The van der Waals surface area contributed by atoms with Crippen molar-refractivity contribution in [2.24, 2.45) is 0 Å². The van der Waals surface area contributed by atoms with Gasteiger partial charge in [-0.05, 0) is 172 Å². The largest absolute Gasteiger partial charge is 0.311 e. The van der Waals surface area contributed by atoms with Crippen LogP contribution < -0.4 is 26.2 Å². The Labute approximate surface area is 435 Å². The summed E-state index contributed by atoms with van der Waals surface area (Å²) in [6.07, 6.45) is 2.32. The van der Waals surface area contributed by atoms with Gasteiger partial charge in [0.2, 0.25) is 0 Å². The average molecular weight is 949 g/mol. The fourth-order valence-electron chi connectivity index (χ4n) is 12.0. The third-order valence-electron chi connectivity index (χ3n) is 17.0. The number of rotatable bonds is 5. The standard InChI is InChI=1S/C69H81BN2/c1-43(2)47-37-61-63-62(38-47)72(58-33-29-50(66(9,10)11)39-53(58)46-21-19-44(20-22-46)45-23-25-48(26-24-45)64(3,4)5)60-42-55-54(68(15,16)35-36-69(55,17)18)41-57(60)70(63)56-40-51(67(12,13)14)30-34-59(56)71(61)52-31-27-49(28-32-52)65(6,7)8/h19-34,37-43H,35-36H2,1-18H3. The lowest BCUT2D eigenvalue weighted by atomic mass is 9.33. The predicted molar refractivity (Wildman–Crippen MR) is 316 cm³/mol. The minimum Gasteiger partial charge on any atom is -0.311 e. The number of nitrogens with zero attached hydrogens (tertiary/aromatic N) is 2. The van der Waals surface area contributed by atoms with Crippen molar-refractivity contribution in [2.75, 3.05) is 9.80 Å². The second-order valence-electron chi connectivity index (χ2n) is 27.7. The van der Waals surface area contributed by atoms with E-state index in [1.54, 1.807) is 0 Å². The SMILES string of the molecule is CC(C)c1cc2c3c(c1)N(c1ccc(C(C)(C)C)cc1-c1ccc(-c4ccc(C(C)(C)C)cc4)cc1)c1cc4c(cc1B3c1cc(C(C)(C)C)ccc1N2c1ccc(C(C)(C)C)cc1)C(C)(C)CCC4(C)C. The van der Waals surface area contributed by atoms with E-state index in [-0.39, 0.29) is 39.2 Å². The summed E-state index contributed by atoms with van der Waals surface area (Å²) in [5, 5.41) is 0. The van der Waals surface area contributed by atoms with Crippen molar-refractivity contribution >= 4 is 57.2 Å². The Balaban J connectivity index is 1.30. The summed E-state index contributed by atoms with van der Waals surface area (Å²) in [6, 6.07) is 53.3. The molecule has 370 valence electrons. The summed E-state index contributed by atoms with van der Waals surface area (Å²) >= 11 is 0. The van der Waals surface area contributed by atoms with E-state index >= 15 is 0 Å². The zero-order valence-corrected chi connectivity index (χ0v) is 47.2. The van der Waals surface area contributed by atoms with Gasteiger partial charge in [0, 0.05) is 34.0 Å². The molecule has 2 aliphatic heterocycles. The normalized spacial score (nSPS) is 16.1. The Morgan fingerprint density at radius 1 is 0.403 bits per heavy atom. The van der Waals surface area contributed by atoms with Crippen LogP contribution in [0.25, 0.3) is 22.3 Å². The Bertz CT molecular complexity index is 3230. The van der Waals surface area contributed by atoms with Gasteiger partial charge in [-0.3, -0.25) is 0 Å². The van der Waals surface area contributed by atoms with E-state index in [0.29, 0.717) is 5.92 Å². The Morgan fingerprint density at radius 3 is 1.33 bits per heavy atom. The molecule has 0 N–H and O–H groups in total. The zero-order chi connectivity index (χ0) is 51.8. The first kappa shape index (κ1) is 49.8. The number of fused-ring (bicyclic) bond motifs is 5. The molecule has 2 heterocycles. The van der Waals surface area contributed by atoms with Gasteiger partial charge < -0.3 is 9.80 Å². The van der Waals surface area contributed by atoms with Crippen molar-refractivity contribution in [2.45, 2.75) is 176 Å². The van der Waals surface area contributed by atoms with Gasteiger partial charge >= 0.3 is 0 Å². The van der Waals surface area contributed by atoms with Crippen LogP contribution in [0.5, 0.6) is 0 Å². The highest BCUT2D eigenvalue weighted by Crippen LogP contribution is 2.52. The van der Waals surface area contributed by atoms with Crippen LogP contribution in [0.4, 0.5) is 34.1 Å². The number of benzene rings is 7. The van der Waals surface area contributed by atoms with E-state index in [9.17, 15) is 0 Å². The molecule has 0 atom stereocenters. The molecule has 3 heteroatoms. The van der Waals surface area contributed by atoms with Gasteiger partial charge in [-0.1, -0.05) is 210 Å². The fraction of sp³-hybridized carbons (Fsp3) is 0.391. The molecule has 3 aliphatic rings. The van der Waals surface area contributed by atoms with Gasteiger partial charge in [-0.2, -0.15) is 0 Å². The Morgan fingerprint density at radius 2 is 0.819 bits per heavy atom. The second-order valence-corrected chi connectivity index (χ2v) is 27.7. The molecular formula is C69H81BN2. The first-order valence-electron chi connectivity index (χ1n) is 27.1. The monoisotopic (exact) mass is 949 g/mol. The minimum absolute atomic E-state index is 0.0243. The summed E-state index contributed by atoms with van der Waals surface area (Å²) in [7, 11) is 0. The van der Waals surface area contributed by atoms with Gasteiger partial charge in [0.15, 0.2) is 0 Å². The first-order valence-corrected chi connectivity index (χ1v) is 27.1. The first-order chi connectivity index (χ1) is 33.5. The fourth-order valence-corrected chi connectivity index (χ4v) is 12.0. The van der Waals surface area contributed by atoms with Gasteiger partial charge in [-0.15, -0.1) is 0 Å². The van der Waals surface area contributed by atoms with Crippen molar-refractivity contribution in [3.05, 3.63) is 172 Å². The third-order valence-corrected chi connectivity index (χ3v) is 17.0. The summed E-state index contributed by atoms with van der Waals surface area (Å²) in [4.78, 5) is 5.33. The van der Waals surface area contributed by atoms with Gasteiger partial charge in [0.25, 0.3) is 6.71 Å². The van der Waals surface area contributed by atoms with Crippen molar-refractivity contribution in [1.29, 1.82) is 0 Å². The number of hydrogen-bond acceptors (Lipinski definition) is 2. The zero-order valence-electron chi connectivity index (χ0n) is 47.2. The number of anilines is 6. The van der Waals surface area contributed by atoms with Crippen LogP contribution in [0, 0.1) is 0 Å². The Kier molecular flexibility index (Phi) is 11.7. The summed E-state index contributed by atoms with van der Waals surface area (Å²) in [5.74, 6) is 0.305. The highest BCUT2D eigenvalue weighted by molar-refractivity contribution is 7.00. The lowest BCUT2D eigenvalue weighted by Crippen LogP contribution is -2.62. The van der Waals surface area contributed by atoms with Crippen LogP contribution in [0.15, 0.2) is 133 Å². The topological polar surface area (TPSA) is 6.48 Å². The van der Waals surface area contributed by atoms with Crippen molar-refractivity contribution in [1.82, 2.24) is 0 Å². The van der Waals surface area contributed by atoms with Crippen molar-refractivity contribution < 1.29 is 0 Å². The minimum atomic E-state index is -0.0458. The molecule has 0 amide bonds. The maximum Gasteiger partial charge on any atom is 0.252 e. The number of hydrogen-bond donors (Lipinski definition) is 0. The molecule has 0 fully saturated rings. The van der Waals surface area contributed by atoms with Gasteiger partial charge in [0.1, 0.15) is 0 Å². The highest BCUT2D eigenvalue weighted by Gasteiger charge is 2.47. The third kappa shape index (κ3) is 8.55. The van der Waals surface area contributed by atoms with Crippen LogP contribution in [0.1, 0.15) is 182 Å². The summed E-state index contributed by atoms with van der Waals surface area (Å²) in [6.45, 7) is 42.7. The summed E-state index contributed by atoms with van der Waals surface area (Å²) < 4.78 is 0. The van der Waals surface area contributed by atoms with Crippen LogP contribution in [-0.2, 0) is 32.5 Å². The van der Waals surface area contributed by atoms with Crippen LogP contribution >= 0.6 is 0 Å². The molecule has 0 unspecified atom stereocenters. The predicted octanol–water partition coefficient (Wildman–Crippen LogP) is 17.8. The molecule has 72 heavy (non-hydrogen) atoms. The van der Waals surface area contributed by atoms with E-state index < -0.39 is 0 Å². The molecule has 2 nitrogen and oxygen atoms in total. The molecule has 0 aromatic heterocycles. The lowest BCUT2D eigenvalue weighted by Gasteiger charge is -2.48. The second kappa shape index (κ2) is 16.9. The van der Waals surface area contributed by atoms with E-state index in [2.05, 4.69) is 268 Å². The molecular weight excluding hydrogens is 868 g/mol. The Hall–Kier alpha value is -5.80. The molecule has 1 aliphatic carbocycles. The molecule has 0 saturated carbocycles. The van der Waals surface area contributed by atoms with E-state index in [0.717, 1.165) is 12.8 Å². The maximum atomic E-state index is 2.72. The molecule has 7 aromatic rings. The average Bonchev–Trinajstić information content (AvgIpc) is 3.31. The van der Waals surface area contributed by atoms with Gasteiger partial charge in [0.05, 0.1) is 5.69 Å². The molecule has 0 bridgehead atoms. The molecule has 0 saturated heterocycles. The van der Waals surface area contributed by atoms with Crippen molar-refractivity contribution in [3.63, 3.8) is 0 Å². The maximum absolute atomic E-state index is 2.72. The quantitative estimate of drug-likeness (QED) is 0.159. The van der Waals surface area contributed by atoms with E-state index in [1.807, 2.05) is 0 Å². The molecule has 0 spiro atoms. The molecule has 10 rings (SSSR count). The highest BCUT2D eigenvalue weighted by atomic mass is 15.2. The molecule has 7 aromatic carbocycles. The van der Waals surface area contributed by atoms with E-state index in [1.165, 1.54) is 112 Å². The smallest absolute Gasteiger partial charge is 0.252 e. The van der Waals surface area contributed by atoms with Crippen LogP contribution in [0.2, 0.25) is 0 Å². The van der Waals surface area contributed by atoms with Crippen molar-refractivity contribution in [3.8, 4) is 22.3 Å². The molecule has 0 radical (unpaired) electrons. The van der Waals surface area contributed by atoms with Crippen LogP contribution in [0.3, 0.4) is 0 Å². The van der Waals surface area contributed by atoms with Crippen LogP contribution in [-0.4, -0.2) is 6.71 Å².